The number of aryl methyl sites for hydroxylation is 2. The Balaban J connectivity index is 2.07. The summed E-state index contributed by atoms with van der Waals surface area (Å²) in [6.45, 7) is 6.28. The first-order valence-corrected chi connectivity index (χ1v) is 6.76. The van der Waals surface area contributed by atoms with Crippen LogP contribution in [0.25, 0.3) is 6.08 Å². The van der Waals surface area contributed by atoms with E-state index in [4.69, 9.17) is 11.6 Å². The molecule has 1 aromatic heterocycles. The van der Waals surface area contributed by atoms with Gasteiger partial charge in [0.05, 0.1) is 5.69 Å². The second-order valence-corrected chi connectivity index (χ2v) is 5.24. The fourth-order valence-electron chi connectivity index (χ4n) is 2.23. The van der Waals surface area contributed by atoms with Crippen LogP contribution in [0.4, 0.5) is 0 Å². The molecule has 1 fully saturated rings. The monoisotopic (exact) mass is 282 g/mol. The fourth-order valence-corrected chi connectivity index (χ4v) is 2.47. The molecule has 5 nitrogen and oxygen atoms in total. The number of piperazine rings is 1. The first-order valence-electron chi connectivity index (χ1n) is 6.38. The lowest BCUT2D eigenvalue weighted by Crippen LogP contribution is -2.50. The maximum Gasteiger partial charge on any atom is 0.246 e. The highest BCUT2D eigenvalue weighted by atomic mass is 35.5. The van der Waals surface area contributed by atoms with Crippen molar-refractivity contribution in [2.24, 2.45) is 7.05 Å². The van der Waals surface area contributed by atoms with Gasteiger partial charge in [-0.2, -0.15) is 5.10 Å². The predicted octanol–water partition coefficient (Wildman–Crippen LogP) is 1.22. The van der Waals surface area contributed by atoms with Crippen molar-refractivity contribution < 1.29 is 4.79 Å². The topological polar surface area (TPSA) is 50.2 Å². The zero-order valence-electron chi connectivity index (χ0n) is 11.5. The van der Waals surface area contributed by atoms with Crippen LogP contribution in [-0.4, -0.2) is 46.3 Å². The predicted molar refractivity (Wildman–Crippen MR) is 76.0 cm³/mol. The Kier molecular flexibility index (Phi) is 4.27. The number of rotatable bonds is 2. The van der Waals surface area contributed by atoms with E-state index in [1.54, 1.807) is 23.9 Å². The molecule has 1 aliphatic heterocycles. The van der Waals surface area contributed by atoms with Crippen molar-refractivity contribution in [1.82, 2.24) is 20.0 Å². The first kappa shape index (κ1) is 14.1. The third-order valence-electron chi connectivity index (χ3n) is 3.27. The van der Waals surface area contributed by atoms with E-state index in [1.165, 1.54) is 0 Å². The lowest BCUT2D eigenvalue weighted by atomic mass is 10.2. The second-order valence-electron chi connectivity index (χ2n) is 4.89. The molecule has 0 radical (unpaired) electrons. The largest absolute Gasteiger partial charge is 0.336 e. The van der Waals surface area contributed by atoms with Gasteiger partial charge < -0.3 is 10.2 Å². The maximum absolute atomic E-state index is 12.1. The van der Waals surface area contributed by atoms with Gasteiger partial charge in [0, 0.05) is 44.4 Å². The van der Waals surface area contributed by atoms with Crippen molar-refractivity contribution in [1.29, 1.82) is 0 Å². The van der Waals surface area contributed by atoms with Crippen molar-refractivity contribution in [3.05, 3.63) is 22.5 Å². The average molecular weight is 283 g/mol. The highest BCUT2D eigenvalue weighted by molar-refractivity contribution is 6.31. The van der Waals surface area contributed by atoms with Gasteiger partial charge in [-0.1, -0.05) is 11.6 Å². The Morgan fingerprint density at radius 2 is 2.32 bits per heavy atom. The van der Waals surface area contributed by atoms with Gasteiger partial charge in [-0.25, -0.2) is 0 Å². The zero-order valence-corrected chi connectivity index (χ0v) is 12.2. The van der Waals surface area contributed by atoms with Crippen molar-refractivity contribution >= 4 is 23.6 Å². The average Bonchev–Trinajstić information content (AvgIpc) is 2.61. The lowest BCUT2D eigenvalue weighted by molar-refractivity contribution is -0.127. The summed E-state index contributed by atoms with van der Waals surface area (Å²) in [5.74, 6) is 0.0210. The van der Waals surface area contributed by atoms with Gasteiger partial charge in [0.15, 0.2) is 0 Å². The van der Waals surface area contributed by atoms with Crippen LogP contribution >= 0.6 is 11.6 Å². The number of hydrogen-bond acceptors (Lipinski definition) is 3. The molecule has 6 heteroatoms. The summed E-state index contributed by atoms with van der Waals surface area (Å²) in [6.07, 6.45) is 3.33. The Hall–Kier alpha value is -1.33. The minimum absolute atomic E-state index is 0.0210. The molecule has 1 aromatic rings. The highest BCUT2D eigenvalue weighted by Gasteiger charge is 2.18. The van der Waals surface area contributed by atoms with Crippen LogP contribution in [0.3, 0.4) is 0 Å². The quantitative estimate of drug-likeness (QED) is 0.830. The van der Waals surface area contributed by atoms with Gasteiger partial charge in [0.25, 0.3) is 0 Å². The van der Waals surface area contributed by atoms with Crippen molar-refractivity contribution in [3.63, 3.8) is 0 Å². The van der Waals surface area contributed by atoms with Gasteiger partial charge in [-0.3, -0.25) is 9.48 Å². The van der Waals surface area contributed by atoms with Gasteiger partial charge in [-0.05, 0) is 19.9 Å². The molecular formula is C13H19ClN4O. The Labute approximate surface area is 118 Å². The van der Waals surface area contributed by atoms with E-state index in [0.29, 0.717) is 11.2 Å². The number of aromatic nitrogens is 2. The molecule has 104 valence electrons. The molecule has 19 heavy (non-hydrogen) atoms. The summed E-state index contributed by atoms with van der Waals surface area (Å²) in [5.41, 5.74) is 1.63. The highest BCUT2D eigenvalue weighted by Crippen LogP contribution is 2.20. The van der Waals surface area contributed by atoms with Gasteiger partial charge in [0.1, 0.15) is 5.15 Å². The Morgan fingerprint density at radius 3 is 2.89 bits per heavy atom. The number of nitrogens with one attached hydrogen (secondary N) is 1. The SMILES string of the molecule is Cc1nn(C)c(Cl)c1/C=C/C(=O)N1CCNC(C)C1. The molecule has 0 spiro atoms. The zero-order chi connectivity index (χ0) is 14.0. The molecule has 0 bridgehead atoms. The molecule has 2 rings (SSSR count). The molecular weight excluding hydrogens is 264 g/mol. The van der Waals surface area contributed by atoms with Crippen LogP contribution in [-0.2, 0) is 11.8 Å². The lowest BCUT2D eigenvalue weighted by Gasteiger charge is -2.31. The molecule has 1 amide bonds. The summed E-state index contributed by atoms with van der Waals surface area (Å²) in [4.78, 5) is 13.9. The summed E-state index contributed by atoms with van der Waals surface area (Å²) in [7, 11) is 1.78. The number of carbonyl (C=O) groups is 1. The van der Waals surface area contributed by atoms with Crippen LogP contribution in [0.1, 0.15) is 18.2 Å². The van der Waals surface area contributed by atoms with Crippen LogP contribution in [0.5, 0.6) is 0 Å². The van der Waals surface area contributed by atoms with Gasteiger partial charge >= 0.3 is 0 Å². The summed E-state index contributed by atoms with van der Waals surface area (Å²) < 4.78 is 1.61. The molecule has 1 saturated heterocycles. The molecule has 1 aliphatic rings. The molecule has 1 atom stereocenters. The van der Waals surface area contributed by atoms with E-state index >= 15 is 0 Å². The summed E-state index contributed by atoms with van der Waals surface area (Å²) in [6, 6.07) is 0.342. The minimum atomic E-state index is 0.0210. The third kappa shape index (κ3) is 3.16. The molecule has 0 saturated carbocycles. The van der Waals surface area contributed by atoms with Crippen molar-refractivity contribution in [3.8, 4) is 0 Å². The van der Waals surface area contributed by atoms with Crippen LogP contribution < -0.4 is 5.32 Å². The molecule has 2 heterocycles. The van der Waals surface area contributed by atoms with Gasteiger partial charge in [0.2, 0.25) is 5.91 Å². The fraction of sp³-hybridized carbons (Fsp3) is 0.538. The molecule has 0 aromatic carbocycles. The van der Waals surface area contributed by atoms with E-state index in [9.17, 15) is 4.79 Å². The number of hydrogen-bond donors (Lipinski definition) is 1. The van der Waals surface area contributed by atoms with Crippen molar-refractivity contribution in [2.75, 3.05) is 19.6 Å². The van der Waals surface area contributed by atoms with E-state index in [0.717, 1.165) is 30.9 Å². The Morgan fingerprint density at radius 1 is 1.58 bits per heavy atom. The van der Waals surface area contributed by atoms with E-state index < -0.39 is 0 Å². The number of nitrogens with zero attached hydrogens (tertiary/aromatic N) is 3. The Bertz CT molecular complexity index is 509. The van der Waals surface area contributed by atoms with Crippen LogP contribution in [0, 0.1) is 6.92 Å². The number of amides is 1. The normalized spacial score (nSPS) is 20.2. The standard InChI is InChI=1S/C13H19ClN4O/c1-9-8-18(7-6-15-9)12(19)5-4-11-10(2)16-17(3)13(11)14/h4-5,9,15H,6-8H2,1-3H3/b5-4+. The molecule has 1 N–H and O–H groups in total. The summed E-state index contributed by atoms with van der Waals surface area (Å²) in [5, 5.41) is 8.07. The third-order valence-corrected chi connectivity index (χ3v) is 3.72. The maximum atomic E-state index is 12.1. The second kappa shape index (κ2) is 5.75. The van der Waals surface area contributed by atoms with E-state index in [-0.39, 0.29) is 5.91 Å². The van der Waals surface area contributed by atoms with Gasteiger partial charge in [-0.15, -0.1) is 0 Å². The van der Waals surface area contributed by atoms with Crippen LogP contribution in [0.2, 0.25) is 5.15 Å². The summed E-state index contributed by atoms with van der Waals surface area (Å²) >= 11 is 6.12. The first-order chi connectivity index (χ1) is 8.99. The van der Waals surface area contributed by atoms with Crippen molar-refractivity contribution in [2.45, 2.75) is 19.9 Å². The molecule has 1 unspecified atom stereocenters. The van der Waals surface area contributed by atoms with E-state index in [2.05, 4.69) is 17.3 Å². The minimum Gasteiger partial charge on any atom is -0.336 e. The smallest absolute Gasteiger partial charge is 0.246 e. The van der Waals surface area contributed by atoms with E-state index in [1.807, 2.05) is 11.8 Å². The molecule has 0 aliphatic carbocycles. The van der Waals surface area contributed by atoms with Crippen LogP contribution in [0.15, 0.2) is 6.08 Å². The number of halogens is 1. The number of carbonyl (C=O) groups excluding carboxylic acids is 1.